The van der Waals surface area contributed by atoms with Gasteiger partial charge in [-0.2, -0.15) is 0 Å². The van der Waals surface area contributed by atoms with Gasteiger partial charge in [0.2, 0.25) is 0 Å². The first-order valence-corrected chi connectivity index (χ1v) is 10.1. The number of carbonyl (C=O) groups is 1. The molecule has 0 saturated carbocycles. The Labute approximate surface area is 157 Å². The van der Waals surface area contributed by atoms with E-state index < -0.39 is 0 Å². The van der Waals surface area contributed by atoms with Crippen LogP contribution in [0.25, 0.3) is 0 Å². The minimum atomic E-state index is 0.0370. The predicted molar refractivity (Wildman–Crippen MR) is 103 cm³/mol. The number of anilines is 1. The number of rotatable bonds is 3. The van der Waals surface area contributed by atoms with Gasteiger partial charge in [0.05, 0.1) is 6.61 Å². The lowest BCUT2D eigenvalue weighted by atomic mass is 9.93. The van der Waals surface area contributed by atoms with Crippen molar-refractivity contribution >= 4 is 22.5 Å². The Morgan fingerprint density at radius 2 is 2.19 bits per heavy atom. The van der Waals surface area contributed by atoms with Crippen molar-refractivity contribution in [3.05, 3.63) is 41.4 Å². The number of nitrogens with zero attached hydrogens (tertiary/aromatic N) is 3. The van der Waals surface area contributed by atoms with Gasteiger partial charge in [0.25, 0.3) is 0 Å². The number of hydrogen-bond acceptors (Lipinski definition) is 5. The summed E-state index contributed by atoms with van der Waals surface area (Å²) in [6.45, 7) is 4.68. The molecule has 2 aromatic rings. The predicted octanol–water partition coefficient (Wildman–Crippen LogP) is 2.93. The van der Waals surface area contributed by atoms with Crippen LogP contribution in [-0.4, -0.2) is 55.2 Å². The zero-order valence-electron chi connectivity index (χ0n) is 14.8. The fourth-order valence-corrected chi connectivity index (χ4v) is 4.33. The van der Waals surface area contributed by atoms with Crippen molar-refractivity contribution in [2.24, 2.45) is 0 Å². The Morgan fingerprint density at radius 1 is 1.27 bits per heavy atom. The van der Waals surface area contributed by atoms with Gasteiger partial charge in [-0.15, -0.1) is 11.3 Å². The summed E-state index contributed by atoms with van der Waals surface area (Å²) in [5.74, 6) is 1.27. The van der Waals surface area contributed by atoms with E-state index in [1.54, 1.807) is 11.3 Å². The largest absolute Gasteiger partial charge is 0.493 e. The van der Waals surface area contributed by atoms with Gasteiger partial charge in [-0.1, -0.05) is 18.2 Å². The van der Waals surface area contributed by atoms with Crippen LogP contribution in [0, 0.1) is 0 Å². The summed E-state index contributed by atoms with van der Waals surface area (Å²) in [6, 6.07) is 8.17. The SMILES string of the molecule is O=C(NCC1CCOc2ccccc21)N1CCCN(c2nccs2)CC1. The molecule has 1 aromatic carbocycles. The monoisotopic (exact) mass is 372 g/mol. The molecule has 0 aliphatic carbocycles. The van der Waals surface area contributed by atoms with Gasteiger partial charge in [0.1, 0.15) is 5.75 Å². The molecule has 138 valence electrons. The number of nitrogens with one attached hydrogen (secondary N) is 1. The molecule has 2 amide bonds. The minimum Gasteiger partial charge on any atom is -0.493 e. The topological polar surface area (TPSA) is 57.7 Å². The molecule has 0 spiro atoms. The number of aromatic nitrogens is 1. The first-order valence-electron chi connectivity index (χ1n) is 9.20. The van der Waals surface area contributed by atoms with E-state index in [2.05, 4.69) is 21.3 Å². The third-order valence-corrected chi connectivity index (χ3v) is 5.89. The van der Waals surface area contributed by atoms with Crippen molar-refractivity contribution in [3.8, 4) is 5.75 Å². The van der Waals surface area contributed by atoms with Gasteiger partial charge >= 0.3 is 6.03 Å². The Balaban J connectivity index is 1.31. The van der Waals surface area contributed by atoms with E-state index in [0.29, 0.717) is 19.1 Å². The molecule has 0 bridgehead atoms. The van der Waals surface area contributed by atoms with Crippen molar-refractivity contribution in [1.82, 2.24) is 15.2 Å². The molecule has 2 aliphatic heterocycles. The molecular weight excluding hydrogens is 348 g/mol. The molecule has 4 rings (SSSR count). The summed E-state index contributed by atoms with van der Waals surface area (Å²) < 4.78 is 5.71. The van der Waals surface area contributed by atoms with Crippen molar-refractivity contribution in [3.63, 3.8) is 0 Å². The number of benzene rings is 1. The summed E-state index contributed by atoms with van der Waals surface area (Å²) in [4.78, 5) is 21.2. The number of para-hydroxylation sites is 1. The van der Waals surface area contributed by atoms with E-state index in [9.17, 15) is 4.79 Å². The second-order valence-corrected chi connectivity index (χ2v) is 7.57. The lowest BCUT2D eigenvalue weighted by Gasteiger charge is -2.27. The number of urea groups is 1. The van der Waals surface area contributed by atoms with Crippen LogP contribution in [0.4, 0.5) is 9.93 Å². The Morgan fingerprint density at radius 3 is 3.08 bits per heavy atom. The Bertz CT molecular complexity index is 737. The van der Waals surface area contributed by atoms with Crippen molar-refractivity contribution in [1.29, 1.82) is 0 Å². The standard InChI is InChI=1S/C19H24N4O2S/c24-18(21-14-15-6-12-25-17-5-2-1-4-16(15)17)22-8-3-9-23(11-10-22)19-20-7-13-26-19/h1-2,4-5,7,13,15H,3,6,8-12,14H2,(H,21,24). The van der Waals surface area contributed by atoms with Crippen molar-refractivity contribution in [2.75, 3.05) is 44.2 Å². The molecule has 1 N–H and O–H groups in total. The summed E-state index contributed by atoms with van der Waals surface area (Å²) >= 11 is 1.65. The summed E-state index contributed by atoms with van der Waals surface area (Å²) in [6.07, 6.45) is 3.74. The normalized spacial score (nSPS) is 20.1. The molecule has 1 saturated heterocycles. The molecule has 6 nitrogen and oxygen atoms in total. The Kier molecular flexibility index (Phi) is 5.24. The lowest BCUT2D eigenvalue weighted by Crippen LogP contribution is -2.43. The number of ether oxygens (including phenoxy) is 1. The molecule has 1 unspecified atom stereocenters. The fourth-order valence-electron chi connectivity index (χ4n) is 3.63. The number of hydrogen-bond donors (Lipinski definition) is 1. The maximum absolute atomic E-state index is 12.7. The highest BCUT2D eigenvalue weighted by Gasteiger charge is 2.24. The highest BCUT2D eigenvalue weighted by atomic mass is 32.1. The van der Waals surface area contributed by atoms with E-state index in [-0.39, 0.29) is 6.03 Å². The molecule has 7 heteroatoms. The van der Waals surface area contributed by atoms with Gasteiger partial charge in [0.15, 0.2) is 5.13 Å². The number of fused-ring (bicyclic) bond motifs is 1. The maximum Gasteiger partial charge on any atom is 0.317 e. The van der Waals surface area contributed by atoms with Gasteiger partial charge in [-0.05, 0) is 24.5 Å². The van der Waals surface area contributed by atoms with Gasteiger partial charge < -0.3 is 19.9 Å². The smallest absolute Gasteiger partial charge is 0.317 e. The maximum atomic E-state index is 12.7. The van der Waals surface area contributed by atoms with Crippen LogP contribution in [0.2, 0.25) is 0 Å². The zero-order valence-corrected chi connectivity index (χ0v) is 15.6. The minimum absolute atomic E-state index is 0.0370. The van der Waals surface area contributed by atoms with Crippen LogP contribution < -0.4 is 15.0 Å². The lowest BCUT2D eigenvalue weighted by molar-refractivity contribution is 0.198. The van der Waals surface area contributed by atoms with Crippen LogP contribution in [0.15, 0.2) is 35.8 Å². The summed E-state index contributed by atoms with van der Waals surface area (Å²) in [5.41, 5.74) is 1.20. The van der Waals surface area contributed by atoms with Crippen LogP contribution in [0.5, 0.6) is 5.75 Å². The van der Waals surface area contributed by atoms with E-state index >= 15 is 0 Å². The zero-order chi connectivity index (χ0) is 17.8. The van der Waals surface area contributed by atoms with Gasteiger partial charge in [0, 0.05) is 50.2 Å². The highest BCUT2D eigenvalue weighted by Crippen LogP contribution is 2.32. The van der Waals surface area contributed by atoms with Crippen molar-refractivity contribution in [2.45, 2.75) is 18.8 Å². The molecule has 26 heavy (non-hydrogen) atoms. The molecule has 1 fully saturated rings. The van der Waals surface area contributed by atoms with Gasteiger partial charge in [-0.3, -0.25) is 0 Å². The average Bonchev–Trinajstić information content (AvgIpc) is 3.10. The molecule has 0 radical (unpaired) electrons. The number of thiazole rings is 1. The van der Waals surface area contributed by atoms with Crippen LogP contribution >= 0.6 is 11.3 Å². The summed E-state index contributed by atoms with van der Waals surface area (Å²) in [5, 5.41) is 6.18. The number of carbonyl (C=O) groups excluding carboxylic acids is 1. The molecule has 1 aromatic heterocycles. The van der Waals surface area contributed by atoms with Crippen LogP contribution in [0.1, 0.15) is 24.3 Å². The quantitative estimate of drug-likeness (QED) is 0.900. The van der Waals surface area contributed by atoms with Crippen LogP contribution in [-0.2, 0) is 0 Å². The van der Waals surface area contributed by atoms with E-state index in [1.165, 1.54) is 5.56 Å². The molecule has 1 atom stereocenters. The third-order valence-electron chi connectivity index (χ3n) is 5.06. The Hall–Kier alpha value is -2.28. The molecule has 3 heterocycles. The first kappa shape index (κ1) is 17.1. The third kappa shape index (κ3) is 3.77. The molecule has 2 aliphatic rings. The van der Waals surface area contributed by atoms with Gasteiger partial charge in [-0.25, -0.2) is 9.78 Å². The second-order valence-electron chi connectivity index (χ2n) is 6.70. The van der Waals surface area contributed by atoms with E-state index in [0.717, 1.165) is 49.9 Å². The average molecular weight is 372 g/mol. The van der Waals surface area contributed by atoms with E-state index in [1.807, 2.05) is 34.7 Å². The second kappa shape index (κ2) is 7.95. The molecular formula is C19H24N4O2S. The van der Waals surface area contributed by atoms with Crippen LogP contribution in [0.3, 0.4) is 0 Å². The number of amides is 2. The fraction of sp³-hybridized carbons (Fsp3) is 0.474. The van der Waals surface area contributed by atoms with Crippen molar-refractivity contribution < 1.29 is 9.53 Å². The highest BCUT2D eigenvalue weighted by molar-refractivity contribution is 7.13. The first-order chi connectivity index (χ1) is 12.8. The summed E-state index contributed by atoms with van der Waals surface area (Å²) in [7, 11) is 0. The van der Waals surface area contributed by atoms with E-state index in [4.69, 9.17) is 4.74 Å².